The van der Waals surface area contributed by atoms with Gasteiger partial charge in [0.1, 0.15) is 6.33 Å². The number of rotatable bonds is 2. The summed E-state index contributed by atoms with van der Waals surface area (Å²) in [6, 6.07) is 0. The van der Waals surface area contributed by atoms with Gasteiger partial charge in [-0.3, -0.25) is 4.90 Å². The van der Waals surface area contributed by atoms with Crippen LogP contribution in [-0.2, 0) is 6.42 Å². The smallest absolute Gasteiger partial charge is 0.408 e. The van der Waals surface area contributed by atoms with Gasteiger partial charge in [-0.1, -0.05) is 104 Å². The number of aromatic nitrogens is 2. The maximum Gasteiger partial charge on any atom is 0.408 e. The second-order valence-electron chi connectivity index (χ2n) is 15.6. The lowest BCUT2D eigenvalue weighted by Gasteiger charge is -2.91. The molecule has 1 N–H and O–H groups in total. The van der Waals surface area contributed by atoms with Gasteiger partial charge in [-0.25, -0.2) is 14.8 Å². The van der Waals surface area contributed by atoms with E-state index in [0.717, 1.165) is 5.56 Å². The van der Waals surface area contributed by atoms with Crippen molar-refractivity contribution in [1.82, 2.24) is 14.9 Å². The molecule has 2 rings (SSSR count). The first-order valence-electron chi connectivity index (χ1n) is 12.7. The van der Waals surface area contributed by atoms with Crippen LogP contribution in [0, 0.1) is 32.5 Å². The highest BCUT2D eigenvalue weighted by molar-refractivity contribution is 5.73. The number of hydrogen-bond acceptors (Lipinski definition) is 3. The molecule has 1 aliphatic rings. The van der Waals surface area contributed by atoms with Gasteiger partial charge in [0.15, 0.2) is 0 Å². The van der Waals surface area contributed by atoms with Crippen molar-refractivity contribution in [2.45, 2.75) is 121 Å². The van der Waals surface area contributed by atoms with E-state index in [1.165, 1.54) is 0 Å². The maximum absolute atomic E-state index is 13.6. The fraction of sp³-hybridized carbons (Fsp3) is 0.828. The molecule has 0 atom stereocenters. The summed E-state index contributed by atoms with van der Waals surface area (Å²) in [5.41, 5.74) is -2.45. The van der Waals surface area contributed by atoms with E-state index >= 15 is 0 Å². The van der Waals surface area contributed by atoms with Crippen LogP contribution >= 0.6 is 0 Å². The van der Waals surface area contributed by atoms with Crippen molar-refractivity contribution in [2.75, 3.05) is 0 Å². The molecule has 194 valence electrons. The van der Waals surface area contributed by atoms with Crippen molar-refractivity contribution in [3.05, 3.63) is 24.3 Å². The summed E-state index contributed by atoms with van der Waals surface area (Å²) >= 11 is 0. The molecule has 1 fully saturated rings. The van der Waals surface area contributed by atoms with Gasteiger partial charge in [0, 0.05) is 17.8 Å². The van der Waals surface area contributed by atoms with Crippen LogP contribution in [0.25, 0.3) is 0 Å². The van der Waals surface area contributed by atoms with Gasteiger partial charge in [-0.05, 0) is 39.1 Å². The van der Waals surface area contributed by atoms with Crippen molar-refractivity contribution in [2.24, 2.45) is 32.5 Å². The Bertz CT molecular complexity index is 832. The monoisotopic (exact) mass is 473 g/mol. The van der Waals surface area contributed by atoms with Crippen molar-refractivity contribution in [1.29, 1.82) is 0 Å². The van der Waals surface area contributed by atoms with Crippen LogP contribution in [0.2, 0.25) is 0 Å². The largest absolute Gasteiger partial charge is 0.465 e. The molecule has 1 aliphatic heterocycles. The van der Waals surface area contributed by atoms with E-state index in [4.69, 9.17) is 0 Å². The average Bonchev–Trinajstić information content (AvgIpc) is 2.52. The molecule has 2 heterocycles. The fourth-order valence-corrected chi connectivity index (χ4v) is 9.62. The van der Waals surface area contributed by atoms with Crippen molar-refractivity contribution >= 4 is 6.09 Å². The molecule has 0 saturated carbocycles. The lowest BCUT2D eigenvalue weighted by molar-refractivity contribution is -0.411. The first-order valence-corrected chi connectivity index (χ1v) is 12.7. The van der Waals surface area contributed by atoms with E-state index < -0.39 is 22.6 Å². The molecule has 0 bridgehead atoms. The Hall–Kier alpha value is -1.65. The second-order valence-corrected chi connectivity index (χ2v) is 15.6. The quantitative estimate of drug-likeness (QED) is 0.478. The molecule has 0 radical (unpaired) electrons. The third kappa shape index (κ3) is 3.20. The third-order valence-corrected chi connectivity index (χ3v) is 8.80. The van der Waals surface area contributed by atoms with Gasteiger partial charge in [-0.2, -0.15) is 0 Å². The minimum atomic E-state index is -0.834. The molecule has 5 heteroatoms. The van der Waals surface area contributed by atoms with Gasteiger partial charge in [0.2, 0.25) is 0 Å². The topological polar surface area (TPSA) is 66.3 Å². The molecule has 0 spiro atoms. The zero-order valence-electron chi connectivity index (χ0n) is 24.6. The van der Waals surface area contributed by atoms with E-state index in [1.807, 2.05) is 17.3 Å². The minimum absolute atomic E-state index is 0.254. The van der Waals surface area contributed by atoms with Gasteiger partial charge in [-0.15, -0.1) is 0 Å². The van der Waals surface area contributed by atoms with Gasteiger partial charge in [0.05, 0.1) is 11.1 Å². The summed E-state index contributed by atoms with van der Waals surface area (Å²) in [5.74, 6) is 0. The Balaban J connectivity index is 3.35. The van der Waals surface area contributed by atoms with E-state index in [0.29, 0.717) is 6.42 Å². The maximum atomic E-state index is 13.6. The number of hydrogen-bond donors (Lipinski definition) is 1. The highest BCUT2D eigenvalue weighted by Crippen LogP contribution is 2.83. The molecule has 1 saturated heterocycles. The number of amides is 1. The zero-order chi connectivity index (χ0) is 27.0. The van der Waals surface area contributed by atoms with Crippen LogP contribution in [0.3, 0.4) is 0 Å². The molecule has 0 unspecified atom stereocenters. The average molecular weight is 474 g/mol. The lowest BCUT2D eigenvalue weighted by Crippen LogP contribution is -3.01. The predicted octanol–water partition coefficient (Wildman–Crippen LogP) is 7.71. The summed E-state index contributed by atoms with van der Waals surface area (Å²) in [4.78, 5) is 24.2. The molecule has 5 nitrogen and oxygen atoms in total. The van der Waals surface area contributed by atoms with Crippen molar-refractivity contribution in [3.63, 3.8) is 0 Å². The Morgan fingerprint density at radius 3 is 1.26 bits per heavy atom. The van der Waals surface area contributed by atoms with Crippen molar-refractivity contribution < 1.29 is 9.90 Å². The number of likely N-dealkylation sites (tertiary alicyclic amines) is 1. The first-order chi connectivity index (χ1) is 14.9. The van der Waals surface area contributed by atoms with Gasteiger partial charge >= 0.3 is 6.09 Å². The second kappa shape index (κ2) is 7.67. The molecule has 0 aromatic carbocycles. The molecule has 34 heavy (non-hydrogen) atoms. The molecular formula is C29H51N3O2. The van der Waals surface area contributed by atoms with Crippen LogP contribution in [0.15, 0.2) is 18.7 Å². The summed E-state index contributed by atoms with van der Waals surface area (Å²) in [6.07, 6.45) is 5.26. The highest BCUT2D eigenvalue weighted by atomic mass is 16.4. The summed E-state index contributed by atoms with van der Waals surface area (Å²) in [6.45, 7) is 33.7. The van der Waals surface area contributed by atoms with E-state index in [2.05, 4.69) is 114 Å². The zero-order valence-corrected chi connectivity index (χ0v) is 24.6. The number of carbonyl (C=O) groups is 1. The molecule has 1 aromatic rings. The predicted molar refractivity (Wildman–Crippen MR) is 141 cm³/mol. The number of carboxylic acid groups (broad SMARTS) is 1. The fourth-order valence-electron chi connectivity index (χ4n) is 9.62. The highest BCUT2D eigenvalue weighted by Gasteiger charge is 2.91. The van der Waals surface area contributed by atoms with E-state index in [9.17, 15) is 9.90 Å². The Morgan fingerprint density at radius 2 is 1.03 bits per heavy atom. The van der Waals surface area contributed by atoms with Crippen LogP contribution in [0.4, 0.5) is 4.79 Å². The standard InChI is InChI=1S/C29H51N3O2/c1-22(2,3)27(16-20-17-30-19-31-18-20)28(23(4,5)6,24(7,8)9)32(21(33)34)29(27,25(10,11)12)26(13,14)15/h17-19H,16H2,1-15H3,(H,33,34). The summed E-state index contributed by atoms with van der Waals surface area (Å²) in [7, 11) is 0. The van der Waals surface area contributed by atoms with Gasteiger partial charge in [0.25, 0.3) is 0 Å². The first kappa shape index (κ1) is 28.6. The number of nitrogens with zero attached hydrogens (tertiary/aromatic N) is 3. The Labute approximate surface area is 209 Å². The summed E-state index contributed by atoms with van der Waals surface area (Å²) < 4.78 is 0. The molecule has 1 aromatic heterocycles. The van der Waals surface area contributed by atoms with Crippen LogP contribution in [0.5, 0.6) is 0 Å². The van der Waals surface area contributed by atoms with Crippen LogP contribution in [-0.4, -0.2) is 37.1 Å². The van der Waals surface area contributed by atoms with Crippen LogP contribution < -0.4 is 0 Å². The Kier molecular flexibility index (Phi) is 6.45. The van der Waals surface area contributed by atoms with Crippen LogP contribution in [0.1, 0.15) is 109 Å². The molecule has 1 amide bonds. The van der Waals surface area contributed by atoms with Gasteiger partial charge < -0.3 is 5.11 Å². The normalized spacial score (nSPS) is 20.6. The minimum Gasteiger partial charge on any atom is -0.465 e. The van der Waals surface area contributed by atoms with Crippen molar-refractivity contribution in [3.8, 4) is 0 Å². The molecule has 0 aliphatic carbocycles. The summed E-state index contributed by atoms with van der Waals surface area (Å²) in [5, 5.41) is 11.1. The Morgan fingerprint density at radius 1 is 0.706 bits per heavy atom. The SMILES string of the molecule is CC(C)(C)C1(Cc2cncnc2)C(C(C)(C)C)(C(C)(C)C)N(C(=O)O)C1(C(C)(C)C)C(C)(C)C. The van der Waals surface area contributed by atoms with E-state index in [1.54, 1.807) is 6.33 Å². The third-order valence-electron chi connectivity index (χ3n) is 8.80. The van der Waals surface area contributed by atoms with E-state index in [-0.39, 0.29) is 27.1 Å². The molecular weight excluding hydrogens is 422 g/mol. The lowest BCUT2D eigenvalue weighted by atomic mass is 9.24.